The Hall–Kier alpha value is -1.77. The summed E-state index contributed by atoms with van der Waals surface area (Å²) in [6.45, 7) is 6.40. The van der Waals surface area contributed by atoms with Gasteiger partial charge in [0.05, 0.1) is 11.3 Å². The second-order valence-corrected chi connectivity index (χ2v) is 5.69. The van der Waals surface area contributed by atoms with E-state index in [-0.39, 0.29) is 11.0 Å². The Kier molecular flexibility index (Phi) is 2.93. The molecule has 0 spiro atoms. The van der Waals surface area contributed by atoms with Gasteiger partial charge in [-0.05, 0) is 5.56 Å². The first-order valence-corrected chi connectivity index (χ1v) is 6.16. The number of hydrogen-bond donors (Lipinski definition) is 0. The van der Waals surface area contributed by atoms with E-state index in [2.05, 4.69) is 20.8 Å². The van der Waals surface area contributed by atoms with Crippen LogP contribution in [0.2, 0.25) is 0 Å². The van der Waals surface area contributed by atoms with Gasteiger partial charge in [-0.2, -0.15) is 0 Å². The minimum Gasteiger partial charge on any atom is -0.289 e. The molecule has 3 heteroatoms. The van der Waals surface area contributed by atoms with Crippen LogP contribution in [0.1, 0.15) is 26.5 Å². The van der Waals surface area contributed by atoms with Gasteiger partial charge in [0.25, 0.3) is 5.56 Å². The first-order valence-electron chi connectivity index (χ1n) is 6.16. The molecule has 1 heterocycles. The van der Waals surface area contributed by atoms with Crippen LogP contribution in [0.25, 0.3) is 11.1 Å². The van der Waals surface area contributed by atoms with E-state index >= 15 is 0 Å². The molecule has 0 bridgehead atoms. The van der Waals surface area contributed by atoms with Gasteiger partial charge in [-0.25, -0.2) is 0 Å². The Morgan fingerprint density at radius 3 is 2.00 bits per heavy atom. The monoisotopic (exact) mass is 244 g/mol. The van der Waals surface area contributed by atoms with E-state index in [1.807, 2.05) is 49.1 Å². The lowest BCUT2D eigenvalue weighted by Gasteiger charge is -2.21. The second-order valence-electron chi connectivity index (χ2n) is 5.69. The minimum absolute atomic E-state index is 0.0635. The van der Waals surface area contributed by atoms with Crippen LogP contribution in [0.3, 0.4) is 0 Å². The zero-order valence-electron chi connectivity index (χ0n) is 11.7. The van der Waals surface area contributed by atoms with Crippen LogP contribution in [0.5, 0.6) is 0 Å². The van der Waals surface area contributed by atoms with Crippen molar-refractivity contribution in [1.82, 2.24) is 9.36 Å². The predicted octanol–water partition coefficient (Wildman–Crippen LogP) is 2.69. The Bertz CT molecular complexity index is 612. The van der Waals surface area contributed by atoms with Gasteiger partial charge < -0.3 is 0 Å². The van der Waals surface area contributed by atoms with Gasteiger partial charge in [0.1, 0.15) is 0 Å². The third-order valence-corrected chi connectivity index (χ3v) is 3.29. The van der Waals surface area contributed by atoms with Crippen molar-refractivity contribution in [2.24, 2.45) is 14.1 Å². The Morgan fingerprint density at radius 2 is 1.50 bits per heavy atom. The van der Waals surface area contributed by atoms with Gasteiger partial charge in [-0.3, -0.25) is 14.2 Å². The molecule has 0 aliphatic rings. The summed E-state index contributed by atoms with van der Waals surface area (Å²) < 4.78 is 3.62. The maximum Gasteiger partial charge on any atom is 0.274 e. The molecule has 0 atom stereocenters. The zero-order chi connectivity index (χ0) is 13.5. The van der Waals surface area contributed by atoms with E-state index < -0.39 is 0 Å². The molecule has 0 saturated heterocycles. The van der Waals surface area contributed by atoms with Crippen molar-refractivity contribution in [3.63, 3.8) is 0 Å². The first kappa shape index (κ1) is 12.7. The van der Waals surface area contributed by atoms with Gasteiger partial charge in [0.2, 0.25) is 0 Å². The highest BCUT2D eigenvalue weighted by Crippen LogP contribution is 2.30. The molecule has 18 heavy (non-hydrogen) atoms. The van der Waals surface area contributed by atoms with E-state index in [1.165, 1.54) is 0 Å². The highest BCUT2D eigenvalue weighted by atomic mass is 16.1. The molecule has 0 fully saturated rings. The highest BCUT2D eigenvalue weighted by molar-refractivity contribution is 5.66. The lowest BCUT2D eigenvalue weighted by molar-refractivity contribution is 0.479. The quantitative estimate of drug-likeness (QED) is 0.757. The average molecular weight is 244 g/mol. The summed E-state index contributed by atoms with van der Waals surface area (Å²) in [5.74, 6) is 0. The second kappa shape index (κ2) is 4.16. The molecule has 0 aliphatic carbocycles. The Labute approximate surface area is 108 Å². The molecule has 2 rings (SSSR count). The van der Waals surface area contributed by atoms with Gasteiger partial charge in [0, 0.05) is 19.5 Å². The van der Waals surface area contributed by atoms with Crippen LogP contribution in [0.15, 0.2) is 35.1 Å². The molecular formula is C15H20N2O. The molecule has 1 aromatic carbocycles. The van der Waals surface area contributed by atoms with Gasteiger partial charge in [-0.1, -0.05) is 51.1 Å². The van der Waals surface area contributed by atoms with Crippen molar-refractivity contribution in [2.45, 2.75) is 26.2 Å². The summed E-state index contributed by atoms with van der Waals surface area (Å²) in [4.78, 5) is 12.4. The van der Waals surface area contributed by atoms with Crippen molar-refractivity contribution in [2.75, 3.05) is 0 Å². The number of benzene rings is 1. The van der Waals surface area contributed by atoms with Crippen LogP contribution in [0, 0.1) is 0 Å². The van der Waals surface area contributed by atoms with Crippen molar-refractivity contribution >= 4 is 0 Å². The zero-order valence-corrected chi connectivity index (χ0v) is 11.7. The summed E-state index contributed by atoms with van der Waals surface area (Å²) in [6, 6.07) is 9.88. The molecule has 0 saturated carbocycles. The highest BCUT2D eigenvalue weighted by Gasteiger charge is 2.26. The fourth-order valence-electron chi connectivity index (χ4n) is 2.44. The molecule has 1 aromatic heterocycles. The van der Waals surface area contributed by atoms with E-state index in [4.69, 9.17) is 0 Å². The molecule has 2 aromatic rings. The summed E-state index contributed by atoms with van der Waals surface area (Å²) in [5, 5.41) is 0. The SMILES string of the molecule is Cn1c(C(C)(C)C)c(-c2ccccc2)c(=O)n1C. The molecule has 0 radical (unpaired) electrons. The number of nitrogens with zero attached hydrogens (tertiary/aromatic N) is 2. The van der Waals surface area contributed by atoms with Crippen LogP contribution < -0.4 is 5.56 Å². The lowest BCUT2D eigenvalue weighted by Crippen LogP contribution is -2.20. The van der Waals surface area contributed by atoms with Crippen molar-refractivity contribution < 1.29 is 0 Å². The van der Waals surface area contributed by atoms with Gasteiger partial charge in [0.15, 0.2) is 0 Å². The topological polar surface area (TPSA) is 26.9 Å². The maximum absolute atomic E-state index is 12.4. The third-order valence-electron chi connectivity index (χ3n) is 3.29. The third kappa shape index (κ3) is 1.90. The van der Waals surface area contributed by atoms with Crippen molar-refractivity contribution in [3.05, 3.63) is 46.4 Å². The number of aromatic nitrogens is 2. The van der Waals surface area contributed by atoms with E-state index in [9.17, 15) is 4.79 Å². The maximum atomic E-state index is 12.4. The van der Waals surface area contributed by atoms with E-state index in [0.717, 1.165) is 16.8 Å². The van der Waals surface area contributed by atoms with Crippen LogP contribution in [0.4, 0.5) is 0 Å². The number of rotatable bonds is 1. The van der Waals surface area contributed by atoms with Crippen molar-refractivity contribution in [1.29, 1.82) is 0 Å². The summed E-state index contributed by atoms with van der Waals surface area (Å²) >= 11 is 0. The smallest absolute Gasteiger partial charge is 0.274 e. The first-order chi connectivity index (χ1) is 8.34. The van der Waals surface area contributed by atoms with E-state index in [0.29, 0.717) is 0 Å². The molecule has 0 aliphatic heterocycles. The molecule has 3 nitrogen and oxygen atoms in total. The largest absolute Gasteiger partial charge is 0.289 e. The summed E-state index contributed by atoms with van der Waals surface area (Å²) in [6.07, 6.45) is 0. The molecule has 0 unspecified atom stereocenters. The fourth-order valence-corrected chi connectivity index (χ4v) is 2.44. The van der Waals surface area contributed by atoms with Gasteiger partial charge >= 0.3 is 0 Å². The molecule has 0 amide bonds. The van der Waals surface area contributed by atoms with Crippen LogP contribution >= 0.6 is 0 Å². The Morgan fingerprint density at radius 1 is 0.944 bits per heavy atom. The van der Waals surface area contributed by atoms with Gasteiger partial charge in [-0.15, -0.1) is 0 Å². The summed E-state index contributed by atoms with van der Waals surface area (Å²) in [7, 11) is 3.75. The Balaban J connectivity index is 2.83. The molecule has 0 N–H and O–H groups in total. The van der Waals surface area contributed by atoms with E-state index in [1.54, 1.807) is 4.68 Å². The predicted molar refractivity (Wildman–Crippen MR) is 74.8 cm³/mol. The number of hydrogen-bond acceptors (Lipinski definition) is 1. The lowest BCUT2D eigenvalue weighted by atomic mass is 9.87. The van der Waals surface area contributed by atoms with Crippen LogP contribution in [-0.2, 0) is 19.5 Å². The standard InChI is InChI=1S/C15H20N2O/c1-15(2,3)13-12(11-9-7-6-8-10-11)14(18)17(5)16(13)4/h6-10H,1-5H3. The van der Waals surface area contributed by atoms with Crippen molar-refractivity contribution in [3.8, 4) is 11.1 Å². The molecule has 96 valence electrons. The normalized spacial score (nSPS) is 11.8. The minimum atomic E-state index is -0.0691. The average Bonchev–Trinajstić information content (AvgIpc) is 2.54. The van der Waals surface area contributed by atoms with Crippen LogP contribution in [-0.4, -0.2) is 9.36 Å². The molecular weight excluding hydrogens is 224 g/mol. The fraction of sp³-hybridized carbons (Fsp3) is 0.400. The summed E-state index contributed by atoms with van der Waals surface area (Å²) in [5.41, 5.74) is 2.87.